The highest BCUT2D eigenvalue weighted by Crippen LogP contribution is 2.36. The second-order valence-corrected chi connectivity index (χ2v) is 7.18. The summed E-state index contributed by atoms with van der Waals surface area (Å²) in [5, 5.41) is 3.17. The lowest BCUT2D eigenvalue weighted by Crippen LogP contribution is -2.30. The smallest absolute Gasteiger partial charge is 0.252 e. The van der Waals surface area contributed by atoms with Crippen molar-refractivity contribution in [3.63, 3.8) is 0 Å². The Morgan fingerprint density at radius 2 is 2.10 bits per heavy atom. The first kappa shape index (κ1) is 14.7. The number of thioether (sulfide) groups is 1. The second-order valence-electron chi connectivity index (χ2n) is 5.18. The minimum atomic E-state index is -0.0198. The quantitative estimate of drug-likeness (QED) is 0.837. The molecule has 1 aliphatic heterocycles. The van der Waals surface area contributed by atoms with E-state index in [0.29, 0.717) is 5.56 Å². The second kappa shape index (κ2) is 6.24. The van der Waals surface area contributed by atoms with Crippen molar-refractivity contribution < 1.29 is 4.79 Å². The fourth-order valence-corrected chi connectivity index (χ4v) is 4.33. The highest BCUT2D eigenvalue weighted by molar-refractivity contribution is 9.10. The van der Waals surface area contributed by atoms with Gasteiger partial charge in [0.25, 0.3) is 5.91 Å². The monoisotopic (exact) mass is 361 g/mol. The van der Waals surface area contributed by atoms with Crippen LogP contribution in [0.25, 0.3) is 0 Å². The van der Waals surface area contributed by atoms with Crippen LogP contribution in [0.4, 0.5) is 0 Å². The molecule has 1 N–H and O–H groups in total. The van der Waals surface area contributed by atoms with E-state index in [2.05, 4.69) is 33.4 Å². The van der Waals surface area contributed by atoms with Crippen molar-refractivity contribution in [1.29, 1.82) is 0 Å². The van der Waals surface area contributed by atoms with Gasteiger partial charge >= 0.3 is 0 Å². The Hall–Kier alpha value is -1.26. The molecule has 0 saturated carbocycles. The van der Waals surface area contributed by atoms with Crippen LogP contribution in [0.15, 0.2) is 51.8 Å². The number of amides is 1. The molecule has 1 heterocycles. The van der Waals surface area contributed by atoms with Crippen molar-refractivity contribution in [3.05, 3.63) is 63.6 Å². The van der Waals surface area contributed by atoms with Crippen LogP contribution in [0.2, 0.25) is 0 Å². The van der Waals surface area contributed by atoms with E-state index in [0.717, 1.165) is 22.2 Å². The normalized spacial score (nSPS) is 17.1. The average Bonchev–Trinajstić information content (AvgIpc) is 2.47. The molecule has 2 nitrogen and oxygen atoms in total. The minimum Gasteiger partial charge on any atom is -0.345 e. The van der Waals surface area contributed by atoms with E-state index in [1.807, 2.05) is 49.0 Å². The van der Waals surface area contributed by atoms with Crippen LogP contribution in [0.3, 0.4) is 0 Å². The molecular weight excluding hydrogens is 346 g/mol. The van der Waals surface area contributed by atoms with E-state index in [1.54, 1.807) is 0 Å². The molecule has 1 atom stereocenters. The number of carbonyl (C=O) groups is 1. The van der Waals surface area contributed by atoms with Crippen LogP contribution in [0, 0.1) is 6.92 Å². The maximum atomic E-state index is 12.5. The molecule has 4 heteroatoms. The molecule has 2 aromatic rings. The fraction of sp³-hybridized carbons (Fsp3) is 0.235. The van der Waals surface area contributed by atoms with Gasteiger partial charge in [-0.1, -0.05) is 24.3 Å². The summed E-state index contributed by atoms with van der Waals surface area (Å²) in [4.78, 5) is 13.8. The van der Waals surface area contributed by atoms with Crippen LogP contribution in [0.5, 0.6) is 0 Å². The van der Waals surface area contributed by atoms with Crippen molar-refractivity contribution in [2.75, 3.05) is 5.75 Å². The van der Waals surface area contributed by atoms with Crippen LogP contribution in [-0.4, -0.2) is 11.7 Å². The van der Waals surface area contributed by atoms with Crippen molar-refractivity contribution in [2.24, 2.45) is 0 Å². The van der Waals surface area contributed by atoms with Gasteiger partial charge in [0, 0.05) is 15.1 Å². The largest absolute Gasteiger partial charge is 0.345 e. The van der Waals surface area contributed by atoms with Crippen LogP contribution in [0.1, 0.15) is 33.9 Å². The zero-order valence-corrected chi connectivity index (χ0v) is 14.1. The summed E-state index contributed by atoms with van der Waals surface area (Å²) in [5.74, 6) is 1.02. The molecular formula is C17H16BrNOS. The molecule has 0 spiro atoms. The highest BCUT2D eigenvalue weighted by atomic mass is 79.9. The Morgan fingerprint density at radius 1 is 1.29 bits per heavy atom. The Balaban J connectivity index is 1.83. The number of aryl methyl sites for hydroxylation is 1. The fourth-order valence-electron chi connectivity index (χ4n) is 2.53. The van der Waals surface area contributed by atoms with E-state index in [1.165, 1.54) is 10.5 Å². The Kier molecular flexibility index (Phi) is 4.36. The number of rotatable bonds is 2. The van der Waals surface area contributed by atoms with Gasteiger partial charge in [0.15, 0.2) is 0 Å². The molecule has 2 aromatic carbocycles. The molecule has 0 radical (unpaired) electrons. The van der Waals surface area contributed by atoms with E-state index in [9.17, 15) is 4.79 Å². The number of nitrogens with one attached hydrogen (secondary N) is 1. The number of hydrogen-bond acceptors (Lipinski definition) is 2. The maximum Gasteiger partial charge on any atom is 0.252 e. The third-order valence-corrected chi connectivity index (χ3v) is 5.41. The molecule has 0 aliphatic carbocycles. The highest BCUT2D eigenvalue weighted by Gasteiger charge is 2.23. The lowest BCUT2D eigenvalue weighted by molar-refractivity contribution is 0.0934. The van der Waals surface area contributed by atoms with Gasteiger partial charge in [-0.3, -0.25) is 4.79 Å². The molecule has 1 amide bonds. The first-order chi connectivity index (χ1) is 10.1. The van der Waals surface area contributed by atoms with Crippen molar-refractivity contribution in [1.82, 2.24) is 5.32 Å². The summed E-state index contributed by atoms with van der Waals surface area (Å²) < 4.78 is 0.846. The average molecular weight is 362 g/mol. The summed E-state index contributed by atoms with van der Waals surface area (Å²) in [6, 6.07) is 14.2. The summed E-state index contributed by atoms with van der Waals surface area (Å²) in [6.07, 6.45) is 0.969. The van der Waals surface area contributed by atoms with Gasteiger partial charge in [-0.05, 0) is 58.6 Å². The van der Waals surface area contributed by atoms with Crippen LogP contribution >= 0.6 is 27.7 Å². The number of halogens is 1. The van der Waals surface area contributed by atoms with E-state index in [4.69, 9.17) is 0 Å². The molecule has 0 bridgehead atoms. The summed E-state index contributed by atoms with van der Waals surface area (Å²) in [6.45, 7) is 2.01. The van der Waals surface area contributed by atoms with Gasteiger partial charge in [0.1, 0.15) is 0 Å². The number of fused-ring (bicyclic) bond motifs is 1. The molecule has 21 heavy (non-hydrogen) atoms. The maximum absolute atomic E-state index is 12.5. The van der Waals surface area contributed by atoms with Crippen molar-refractivity contribution in [2.45, 2.75) is 24.3 Å². The SMILES string of the molecule is Cc1ccc(C(=O)NC2CCSc3ccccc32)c(Br)c1. The number of benzene rings is 2. The zero-order chi connectivity index (χ0) is 14.8. The minimum absolute atomic E-state index is 0.0198. The molecule has 0 saturated heterocycles. The van der Waals surface area contributed by atoms with Gasteiger partial charge in [0.2, 0.25) is 0 Å². The van der Waals surface area contributed by atoms with Crippen LogP contribution < -0.4 is 5.32 Å². The van der Waals surface area contributed by atoms with E-state index in [-0.39, 0.29) is 11.9 Å². The molecule has 1 aliphatic rings. The molecule has 3 rings (SSSR count). The summed E-state index contributed by atoms with van der Waals surface area (Å²) in [7, 11) is 0. The zero-order valence-electron chi connectivity index (χ0n) is 11.7. The van der Waals surface area contributed by atoms with Crippen molar-refractivity contribution >= 4 is 33.6 Å². The third kappa shape index (κ3) is 3.16. The standard InChI is InChI=1S/C17H16BrNOS/c1-11-6-7-12(14(18)10-11)17(20)19-15-8-9-21-16-5-3-2-4-13(15)16/h2-7,10,15H,8-9H2,1H3,(H,19,20). The lowest BCUT2D eigenvalue weighted by Gasteiger charge is -2.26. The number of carbonyl (C=O) groups excluding carboxylic acids is 1. The predicted octanol–water partition coefficient (Wildman–Crippen LogP) is 4.72. The molecule has 1 unspecified atom stereocenters. The van der Waals surface area contributed by atoms with Gasteiger partial charge in [-0.25, -0.2) is 0 Å². The van der Waals surface area contributed by atoms with E-state index >= 15 is 0 Å². The lowest BCUT2D eigenvalue weighted by atomic mass is 10.0. The summed E-state index contributed by atoms with van der Waals surface area (Å²) >= 11 is 5.34. The molecule has 0 aromatic heterocycles. The predicted molar refractivity (Wildman–Crippen MR) is 90.9 cm³/mol. The third-order valence-electron chi connectivity index (χ3n) is 3.63. The van der Waals surface area contributed by atoms with Crippen LogP contribution in [-0.2, 0) is 0 Å². The molecule has 108 valence electrons. The number of hydrogen-bond donors (Lipinski definition) is 1. The van der Waals surface area contributed by atoms with Gasteiger partial charge < -0.3 is 5.32 Å². The summed E-state index contributed by atoms with van der Waals surface area (Å²) in [5.41, 5.74) is 3.06. The topological polar surface area (TPSA) is 29.1 Å². The van der Waals surface area contributed by atoms with Gasteiger partial charge in [-0.15, -0.1) is 11.8 Å². The molecule has 0 fully saturated rings. The van der Waals surface area contributed by atoms with Gasteiger partial charge in [-0.2, -0.15) is 0 Å². The van der Waals surface area contributed by atoms with Crippen molar-refractivity contribution in [3.8, 4) is 0 Å². The first-order valence-corrected chi connectivity index (χ1v) is 8.72. The first-order valence-electron chi connectivity index (χ1n) is 6.94. The Labute approximate surface area is 137 Å². The Bertz CT molecular complexity index is 686. The van der Waals surface area contributed by atoms with E-state index < -0.39 is 0 Å². The Morgan fingerprint density at radius 3 is 2.90 bits per heavy atom. The van der Waals surface area contributed by atoms with Gasteiger partial charge in [0.05, 0.1) is 11.6 Å².